The maximum absolute atomic E-state index is 12.5. The first kappa shape index (κ1) is 21.1. The van der Waals surface area contributed by atoms with Gasteiger partial charge in [0.05, 0.1) is 11.5 Å². The molecule has 0 saturated carbocycles. The van der Waals surface area contributed by atoms with Gasteiger partial charge >= 0.3 is 11.8 Å². The van der Waals surface area contributed by atoms with Gasteiger partial charge in [-0.3, -0.25) is 14.4 Å². The predicted molar refractivity (Wildman–Crippen MR) is 110 cm³/mol. The van der Waals surface area contributed by atoms with Crippen LogP contribution in [0.5, 0.6) is 0 Å². The molecule has 1 aliphatic heterocycles. The molecule has 0 radical (unpaired) electrons. The third kappa shape index (κ3) is 4.51. The largest absolute Gasteiger partial charge is 0.456 e. The second-order valence-electron chi connectivity index (χ2n) is 7.76. The molecular weight excluding hydrogens is 384 g/mol. The molecule has 0 spiro atoms. The van der Waals surface area contributed by atoms with Crippen LogP contribution in [0.2, 0.25) is 0 Å². The number of carbonyl (C=O) groups is 3. The lowest BCUT2D eigenvalue weighted by Gasteiger charge is -2.33. The van der Waals surface area contributed by atoms with Crippen molar-refractivity contribution >= 4 is 23.4 Å². The zero-order valence-electron chi connectivity index (χ0n) is 17.3. The minimum Gasteiger partial charge on any atom is -0.456 e. The van der Waals surface area contributed by atoms with Gasteiger partial charge in [-0.25, -0.2) is 0 Å². The average Bonchev–Trinajstić information content (AvgIpc) is 3.19. The summed E-state index contributed by atoms with van der Waals surface area (Å²) in [4.78, 5) is 40.3. The predicted octanol–water partition coefficient (Wildman–Crippen LogP) is 2.31. The van der Waals surface area contributed by atoms with Crippen molar-refractivity contribution in [1.82, 2.24) is 9.80 Å². The van der Waals surface area contributed by atoms with E-state index >= 15 is 0 Å². The summed E-state index contributed by atoms with van der Waals surface area (Å²) >= 11 is 0. The summed E-state index contributed by atoms with van der Waals surface area (Å²) < 4.78 is 5.36. The number of rotatable bonds is 3. The van der Waals surface area contributed by atoms with Crippen molar-refractivity contribution < 1.29 is 18.8 Å². The van der Waals surface area contributed by atoms with Crippen molar-refractivity contribution in [3.63, 3.8) is 0 Å². The highest BCUT2D eigenvalue weighted by atomic mass is 16.3. The summed E-state index contributed by atoms with van der Waals surface area (Å²) in [5.74, 6) is -0.665. The normalized spacial score (nSPS) is 14.2. The maximum atomic E-state index is 12.5. The Morgan fingerprint density at radius 3 is 2.13 bits per heavy atom. The number of nitrogens with one attached hydrogen (secondary N) is 1. The molecule has 156 valence electrons. The van der Waals surface area contributed by atoms with Gasteiger partial charge in [0.25, 0.3) is 5.91 Å². The SMILES string of the molecule is Cc1ccc(C(=O)N2CCN(C(=O)C(=O)Nc3ccc(C(C)(C)C#N)cc3)CC2)o1. The van der Waals surface area contributed by atoms with E-state index < -0.39 is 17.2 Å². The molecule has 1 aliphatic rings. The Morgan fingerprint density at radius 2 is 1.60 bits per heavy atom. The summed E-state index contributed by atoms with van der Waals surface area (Å²) in [5, 5.41) is 11.8. The highest BCUT2D eigenvalue weighted by molar-refractivity contribution is 6.39. The lowest BCUT2D eigenvalue weighted by Crippen LogP contribution is -2.52. The number of anilines is 1. The van der Waals surface area contributed by atoms with E-state index in [0.29, 0.717) is 24.5 Å². The molecular formula is C22H24N4O4. The number of hydrogen-bond acceptors (Lipinski definition) is 5. The number of carbonyl (C=O) groups excluding carboxylic acids is 3. The van der Waals surface area contributed by atoms with Crippen LogP contribution in [0.25, 0.3) is 0 Å². The van der Waals surface area contributed by atoms with Crippen molar-refractivity contribution in [2.45, 2.75) is 26.2 Å². The van der Waals surface area contributed by atoms with Gasteiger partial charge in [0.15, 0.2) is 5.76 Å². The monoisotopic (exact) mass is 408 g/mol. The minimum atomic E-state index is -0.733. The molecule has 3 amide bonds. The summed E-state index contributed by atoms with van der Waals surface area (Å²) in [7, 11) is 0. The van der Waals surface area contributed by atoms with Gasteiger partial charge in [-0.1, -0.05) is 12.1 Å². The molecule has 2 heterocycles. The molecule has 0 atom stereocenters. The highest BCUT2D eigenvalue weighted by Crippen LogP contribution is 2.23. The zero-order chi connectivity index (χ0) is 21.9. The summed E-state index contributed by atoms with van der Waals surface area (Å²) in [6.45, 7) is 6.58. The molecule has 3 rings (SSSR count). The van der Waals surface area contributed by atoms with E-state index in [2.05, 4.69) is 11.4 Å². The summed E-state index contributed by atoms with van der Waals surface area (Å²) in [5.41, 5.74) is 0.666. The molecule has 2 aromatic rings. The van der Waals surface area contributed by atoms with Crippen LogP contribution in [0.1, 0.15) is 35.7 Å². The molecule has 8 nitrogen and oxygen atoms in total. The van der Waals surface area contributed by atoms with Gasteiger partial charge in [0.2, 0.25) is 0 Å². The number of amides is 3. The highest BCUT2D eigenvalue weighted by Gasteiger charge is 2.29. The van der Waals surface area contributed by atoms with Crippen molar-refractivity contribution in [3.05, 3.63) is 53.5 Å². The molecule has 1 fully saturated rings. The average molecular weight is 408 g/mol. The van der Waals surface area contributed by atoms with Gasteiger partial charge in [-0.2, -0.15) is 5.26 Å². The van der Waals surface area contributed by atoms with Gasteiger partial charge < -0.3 is 19.5 Å². The first-order valence-electron chi connectivity index (χ1n) is 9.69. The van der Waals surface area contributed by atoms with Crippen LogP contribution in [0.3, 0.4) is 0 Å². The van der Waals surface area contributed by atoms with Crippen LogP contribution in [-0.2, 0) is 15.0 Å². The van der Waals surface area contributed by atoms with Crippen LogP contribution in [0.15, 0.2) is 40.8 Å². The number of aryl methyl sites for hydroxylation is 1. The third-order valence-electron chi connectivity index (χ3n) is 5.14. The van der Waals surface area contributed by atoms with Gasteiger partial charge in [0.1, 0.15) is 5.76 Å². The van der Waals surface area contributed by atoms with Crippen LogP contribution in [-0.4, -0.2) is 53.7 Å². The van der Waals surface area contributed by atoms with E-state index in [0.717, 1.165) is 5.56 Å². The first-order chi connectivity index (χ1) is 14.2. The van der Waals surface area contributed by atoms with Crippen molar-refractivity contribution in [2.75, 3.05) is 31.5 Å². The zero-order valence-corrected chi connectivity index (χ0v) is 17.3. The van der Waals surface area contributed by atoms with Crippen LogP contribution >= 0.6 is 0 Å². The van der Waals surface area contributed by atoms with Crippen LogP contribution in [0, 0.1) is 18.3 Å². The molecule has 8 heteroatoms. The van der Waals surface area contributed by atoms with Crippen molar-refractivity contribution in [2.24, 2.45) is 0 Å². The molecule has 1 saturated heterocycles. The Kier molecular flexibility index (Phi) is 5.92. The van der Waals surface area contributed by atoms with E-state index in [9.17, 15) is 19.6 Å². The maximum Gasteiger partial charge on any atom is 0.313 e. The second kappa shape index (κ2) is 8.41. The number of furan rings is 1. The molecule has 1 N–H and O–H groups in total. The standard InChI is InChI=1S/C22H24N4O4/c1-15-4-9-18(30-15)20(28)25-10-12-26(13-11-25)21(29)19(27)24-17-7-5-16(6-8-17)22(2,3)14-23/h4-9H,10-13H2,1-3H3,(H,24,27). The third-order valence-corrected chi connectivity index (χ3v) is 5.14. The van der Waals surface area contributed by atoms with Crippen LogP contribution in [0.4, 0.5) is 5.69 Å². The summed E-state index contributed by atoms with van der Waals surface area (Å²) in [6, 6.07) is 12.4. The number of benzene rings is 1. The molecule has 0 bridgehead atoms. The molecule has 30 heavy (non-hydrogen) atoms. The fourth-order valence-electron chi connectivity index (χ4n) is 3.18. The Bertz CT molecular complexity index is 993. The van der Waals surface area contributed by atoms with E-state index in [1.165, 1.54) is 4.90 Å². The molecule has 0 aliphatic carbocycles. The lowest BCUT2D eigenvalue weighted by atomic mass is 9.86. The number of nitriles is 1. The van der Waals surface area contributed by atoms with E-state index in [-0.39, 0.29) is 24.8 Å². The van der Waals surface area contributed by atoms with Crippen molar-refractivity contribution in [1.29, 1.82) is 5.26 Å². The van der Waals surface area contributed by atoms with E-state index in [4.69, 9.17) is 4.42 Å². The van der Waals surface area contributed by atoms with E-state index in [1.807, 2.05) is 13.8 Å². The Labute approximate surface area is 175 Å². The van der Waals surface area contributed by atoms with Gasteiger partial charge in [-0.15, -0.1) is 0 Å². The molecule has 0 unspecified atom stereocenters. The fraction of sp³-hybridized carbons (Fsp3) is 0.364. The summed E-state index contributed by atoms with van der Waals surface area (Å²) in [6.07, 6.45) is 0. The lowest BCUT2D eigenvalue weighted by molar-refractivity contribution is -0.144. The Balaban J connectivity index is 1.54. The van der Waals surface area contributed by atoms with Crippen molar-refractivity contribution in [3.8, 4) is 6.07 Å². The van der Waals surface area contributed by atoms with Gasteiger partial charge in [-0.05, 0) is 50.6 Å². The smallest absolute Gasteiger partial charge is 0.313 e. The Hall–Kier alpha value is -3.60. The number of piperazine rings is 1. The number of nitrogens with zero attached hydrogens (tertiary/aromatic N) is 3. The second-order valence-corrected chi connectivity index (χ2v) is 7.76. The topological polar surface area (TPSA) is 107 Å². The van der Waals surface area contributed by atoms with Crippen LogP contribution < -0.4 is 5.32 Å². The fourth-order valence-corrected chi connectivity index (χ4v) is 3.18. The van der Waals surface area contributed by atoms with E-state index in [1.54, 1.807) is 48.2 Å². The van der Waals surface area contributed by atoms with Gasteiger partial charge in [0, 0.05) is 31.9 Å². The molecule has 1 aromatic carbocycles. The number of hydrogen-bond donors (Lipinski definition) is 1. The quantitative estimate of drug-likeness (QED) is 0.785. The Morgan fingerprint density at radius 1 is 1.00 bits per heavy atom. The first-order valence-corrected chi connectivity index (χ1v) is 9.69. The molecule has 1 aromatic heterocycles. The minimum absolute atomic E-state index is 0.222.